The topological polar surface area (TPSA) is 76.7 Å². The predicted octanol–water partition coefficient (Wildman–Crippen LogP) is 2.00. The molecule has 1 aromatic carbocycles. The summed E-state index contributed by atoms with van der Waals surface area (Å²) in [5, 5.41) is 12.6. The number of hydrogen-bond donors (Lipinski definition) is 3. The molecule has 114 valence electrons. The van der Waals surface area contributed by atoms with E-state index in [1.165, 1.54) is 19.2 Å². The number of benzene rings is 1. The van der Waals surface area contributed by atoms with E-state index >= 15 is 0 Å². The molecular weight excluding hydrogens is 263 g/mol. The fraction of sp³-hybridized carbons (Fsp3) is 0.571. The molecule has 5 nitrogen and oxygen atoms in total. The molecule has 0 aliphatic carbocycles. The van der Waals surface area contributed by atoms with Gasteiger partial charge in [0.25, 0.3) is 0 Å². The number of nitrogens with two attached hydrogens (primary N) is 1. The normalized spacial score (nSPS) is 12.5. The smallest absolute Gasteiger partial charge is 0.167 e. The predicted molar refractivity (Wildman–Crippen MR) is 77.6 cm³/mol. The molecule has 4 N–H and O–H groups in total. The van der Waals surface area contributed by atoms with Crippen molar-refractivity contribution in [3.05, 3.63) is 17.9 Å². The lowest BCUT2D eigenvalue weighted by molar-refractivity contribution is 0.0615. The highest BCUT2D eigenvalue weighted by atomic mass is 19.1. The molecule has 0 aliphatic heterocycles. The molecule has 0 saturated carbocycles. The number of ether oxygens (including phenoxy) is 2. The van der Waals surface area contributed by atoms with Gasteiger partial charge in [-0.1, -0.05) is 0 Å². The zero-order valence-electron chi connectivity index (χ0n) is 12.1. The van der Waals surface area contributed by atoms with Gasteiger partial charge < -0.3 is 25.6 Å². The van der Waals surface area contributed by atoms with Gasteiger partial charge >= 0.3 is 0 Å². The Balaban J connectivity index is 2.65. The highest BCUT2D eigenvalue weighted by molar-refractivity contribution is 5.68. The Morgan fingerprint density at radius 3 is 2.70 bits per heavy atom. The Bertz CT molecular complexity index is 427. The molecule has 0 spiro atoms. The molecule has 1 unspecified atom stereocenters. The van der Waals surface area contributed by atoms with Crippen LogP contribution in [-0.2, 0) is 4.74 Å². The van der Waals surface area contributed by atoms with Crippen LogP contribution in [0.5, 0.6) is 5.75 Å². The van der Waals surface area contributed by atoms with Crippen LogP contribution >= 0.6 is 0 Å². The first-order chi connectivity index (χ1) is 9.43. The van der Waals surface area contributed by atoms with E-state index in [-0.39, 0.29) is 18.5 Å². The molecule has 20 heavy (non-hydrogen) atoms. The lowest BCUT2D eigenvalue weighted by Crippen LogP contribution is -2.18. The minimum atomic E-state index is -0.541. The maximum absolute atomic E-state index is 13.7. The second kappa shape index (κ2) is 7.91. The van der Waals surface area contributed by atoms with E-state index in [1.54, 1.807) is 0 Å². The quantitative estimate of drug-likeness (QED) is 0.637. The summed E-state index contributed by atoms with van der Waals surface area (Å²) in [7, 11) is 1.53. The van der Waals surface area contributed by atoms with Crippen LogP contribution in [0, 0.1) is 5.82 Å². The van der Waals surface area contributed by atoms with Crippen molar-refractivity contribution in [2.45, 2.75) is 32.5 Å². The SMILES string of the molecule is COCC(O)CCNc1cc(OC(C)C)c(F)cc1N. The number of aliphatic hydroxyl groups is 1. The number of methoxy groups -OCH3 is 1. The van der Waals surface area contributed by atoms with Crippen molar-refractivity contribution >= 4 is 11.4 Å². The van der Waals surface area contributed by atoms with Gasteiger partial charge in [0.05, 0.1) is 30.2 Å². The maximum atomic E-state index is 13.7. The van der Waals surface area contributed by atoms with Crippen LogP contribution in [0.2, 0.25) is 0 Å². The average molecular weight is 286 g/mol. The first-order valence-electron chi connectivity index (χ1n) is 6.60. The molecule has 0 fully saturated rings. The van der Waals surface area contributed by atoms with E-state index < -0.39 is 11.9 Å². The standard InChI is InChI=1S/C14H23FN2O3/c1-9(2)20-14-7-13(12(16)6-11(14)15)17-5-4-10(18)8-19-3/h6-7,9-10,17-18H,4-5,8,16H2,1-3H3. The highest BCUT2D eigenvalue weighted by Crippen LogP contribution is 2.28. The van der Waals surface area contributed by atoms with Gasteiger partial charge in [-0.2, -0.15) is 0 Å². The van der Waals surface area contributed by atoms with Crippen LogP contribution < -0.4 is 15.8 Å². The van der Waals surface area contributed by atoms with Gasteiger partial charge in [0.1, 0.15) is 0 Å². The van der Waals surface area contributed by atoms with Crippen LogP contribution in [0.3, 0.4) is 0 Å². The number of hydrogen-bond acceptors (Lipinski definition) is 5. The third-order valence-electron chi connectivity index (χ3n) is 2.62. The van der Waals surface area contributed by atoms with E-state index in [0.29, 0.717) is 24.3 Å². The molecule has 0 bridgehead atoms. The largest absolute Gasteiger partial charge is 0.488 e. The minimum absolute atomic E-state index is 0.121. The van der Waals surface area contributed by atoms with E-state index in [9.17, 15) is 9.50 Å². The molecule has 1 aromatic rings. The van der Waals surface area contributed by atoms with Crippen LogP contribution in [0.1, 0.15) is 20.3 Å². The van der Waals surface area contributed by atoms with E-state index in [4.69, 9.17) is 15.2 Å². The van der Waals surface area contributed by atoms with Gasteiger partial charge in [0.15, 0.2) is 11.6 Å². The number of nitrogen functional groups attached to an aromatic ring is 1. The van der Waals surface area contributed by atoms with Gasteiger partial charge in [-0.3, -0.25) is 0 Å². The highest BCUT2D eigenvalue weighted by Gasteiger charge is 2.11. The molecule has 0 heterocycles. The number of anilines is 2. The minimum Gasteiger partial charge on any atom is -0.488 e. The Labute approximate surface area is 118 Å². The third-order valence-corrected chi connectivity index (χ3v) is 2.62. The van der Waals surface area contributed by atoms with Gasteiger partial charge in [-0.25, -0.2) is 4.39 Å². The lowest BCUT2D eigenvalue weighted by Gasteiger charge is -2.16. The Kier molecular flexibility index (Phi) is 6.54. The summed E-state index contributed by atoms with van der Waals surface area (Å²) in [5.41, 5.74) is 6.65. The van der Waals surface area contributed by atoms with Gasteiger partial charge in [-0.15, -0.1) is 0 Å². The number of rotatable bonds is 8. The molecule has 0 radical (unpaired) electrons. The Morgan fingerprint density at radius 1 is 1.40 bits per heavy atom. The van der Waals surface area contributed by atoms with Crippen LogP contribution in [0.25, 0.3) is 0 Å². The summed E-state index contributed by atoms with van der Waals surface area (Å²) >= 11 is 0. The van der Waals surface area contributed by atoms with Crippen molar-refractivity contribution < 1.29 is 19.0 Å². The van der Waals surface area contributed by atoms with Crippen molar-refractivity contribution in [2.75, 3.05) is 31.3 Å². The molecule has 6 heteroatoms. The number of aliphatic hydroxyl groups excluding tert-OH is 1. The summed E-state index contributed by atoms with van der Waals surface area (Å²) in [6, 6.07) is 2.76. The summed E-state index contributed by atoms with van der Waals surface area (Å²) in [6.07, 6.45) is -0.157. The van der Waals surface area contributed by atoms with E-state index in [0.717, 1.165) is 0 Å². The van der Waals surface area contributed by atoms with E-state index in [2.05, 4.69) is 5.32 Å². The third kappa shape index (κ3) is 5.22. The van der Waals surface area contributed by atoms with Crippen LogP contribution in [0.4, 0.5) is 15.8 Å². The lowest BCUT2D eigenvalue weighted by atomic mass is 10.2. The van der Waals surface area contributed by atoms with Crippen molar-refractivity contribution in [1.29, 1.82) is 0 Å². The molecule has 0 aliphatic rings. The van der Waals surface area contributed by atoms with Crippen LogP contribution in [-0.4, -0.2) is 37.6 Å². The second-order valence-corrected chi connectivity index (χ2v) is 4.86. The first-order valence-corrected chi connectivity index (χ1v) is 6.60. The monoisotopic (exact) mass is 286 g/mol. The molecule has 0 aromatic heterocycles. The van der Waals surface area contributed by atoms with E-state index in [1.807, 2.05) is 13.8 Å². The van der Waals surface area contributed by atoms with Crippen molar-refractivity contribution in [1.82, 2.24) is 0 Å². The van der Waals surface area contributed by atoms with Gasteiger partial charge in [0, 0.05) is 25.8 Å². The fourth-order valence-corrected chi connectivity index (χ4v) is 1.72. The average Bonchev–Trinajstić information content (AvgIpc) is 2.34. The van der Waals surface area contributed by atoms with Crippen molar-refractivity contribution in [3.63, 3.8) is 0 Å². The van der Waals surface area contributed by atoms with Gasteiger partial charge in [0.2, 0.25) is 0 Å². The Hall–Kier alpha value is -1.53. The van der Waals surface area contributed by atoms with Crippen molar-refractivity contribution in [2.24, 2.45) is 0 Å². The first kappa shape index (κ1) is 16.5. The Morgan fingerprint density at radius 2 is 2.10 bits per heavy atom. The zero-order chi connectivity index (χ0) is 15.1. The number of halogens is 1. The van der Waals surface area contributed by atoms with Crippen LogP contribution in [0.15, 0.2) is 12.1 Å². The molecule has 0 amide bonds. The summed E-state index contributed by atoms with van der Waals surface area (Å²) < 4.78 is 23.9. The molecule has 1 atom stereocenters. The summed E-state index contributed by atoms with van der Waals surface area (Å²) in [5.74, 6) is -0.324. The summed E-state index contributed by atoms with van der Waals surface area (Å²) in [6.45, 7) is 4.43. The number of nitrogens with one attached hydrogen (secondary N) is 1. The fourth-order valence-electron chi connectivity index (χ4n) is 1.72. The molecular formula is C14H23FN2O3. The van der Waals surface area contributed by atoms with Gasteiger partial charge in [-0.05, 0) is 20.3 Å². The molecule has 0 saturated heterocycles. The maximum Gasteiger partial charge on any atom is 0.167 e. The van der Waals surface area contributed by atoms with Crippen molar-refractivity contribution in [3.8, 4) is 5.75 Å². The molecule has 1 rings (SSSR count). The second-order valence-electron chi connectivity index (χ2n) is 4.86. The summed E-state index contributed by atoms with van der Waals surface area (Å²) in [4.78, 5) is 0. The zero-order valence-corrected chi connectivity index (χ0v) is 12.1.